The first kappa shape index (κ1) is 9.77. The Labute approximate surface area is 84.8 Å². The van der Waals surface area contributed by atoms with E-state index in [4.69, 9.17) is 5.73 Å². The van der Waals surface area contributed by atoms with Gasteiger partial charge in [-0.1, -0.05) is 0 Å². The van der Waals surface area contributed by atoms with Crippen LogP contribution in [0.1, 0.15) is 25.7 Å². The third kappa shape index (κ3) is 2.38. The maximum absolute atomic E-state index is 11.2. The highest BCUT2D eigenvalue weighted by Gasteiger charge is 2.33. The number of nitrogens with one attached hydrogen (secondary N) is 1. The Morgan fingerprint density at radius 2 is 2.21 bits per heavy atom. The molecule has 2 fully saturated rings. The van der Waals surface area contributed by atoms with E-state index in [0.29, 0.717) is 12.0 Å². The van der Waals surface area contributed by atoms with Crippen molar-refractivity contribution in [3.05, 3.63) is 0 Å². The first-order valence-electron chi connectivity index (χ1n) is 5.54. The van der Waals surface area contributed by atoms with Crippen LogP contribution in [0.25, 0.3) is 0 Å². The van der Waals surface area contributed by atoms with E-state index in [-0.39, 0.29) is 6.03 Å². The number of piperidine rings is 1. The maximum atomic E-state index is 11.2. The molecule has 1 heterocycles. The van der Waals surface area contributed by atoms with Crippen LogP contribution in [0.15, 0.2) is 0 Å². The molecule has 1 aliphatic carbocycles. The minimum atomic E-state index is -0.238. The van der Waals surface area contributed by atoms with Crippen molar-refractivity contribution < 1.29 is 4.79 Å². The van der Waals surface area contributed by atoms with Gasteiger partial charge in [0, 0.05) is 12.6 Å². The third-order valence-corrected chi connectivity index (χ3v) is 3.12. The Morgan fingerprint density at radius 1 is 1.43 bits per heavy atom. The molecule has 14 heavy (non-hydrogen) atoms. The summed E-state index contributed by atoms with van der Waals surface area (Å²) in [5, 5.41) is 3.36. The molecule has 80 valence electrons. The van der Waals surface area contributed by atoms with Crippen molar-refractivity contribution in [1.29, 1.82) is 0 Å². The second-order valence-corrected chi connectivity index (χ2v) is 4.43. The van der Waals surface area contributed by atoms with Crippen LogP contribution >= 0.6 is 0 Å². The predicted molar refractivity (Wildman–Crippen MR) is 54.9 cm³/mol. The number of rotatable bonds is 3. The molecule has 0 spiro atoms. The van der Waals surface area contributed by atoms with Crippen molar-refractivity contribution >= 4 is 6.03 Å². The lowest BCUT2D eigenvalue weighted by atomic mass is 9.99. The van der Waals surface area contributed by atoms with Gasteiger partial charge in [0.15, 0.2) is 0 Å². The number of urea groups is 1. The standard InChI is InChI=1S/C10H19N3O/c11-10(14)13(9-3-4-9)7-8-2-1-5-12-6-8/h8-9,12H,1-7H2,(H2,11,14). The van der Waals surface area contributed by atoms with Crippen molar-refractivity contribution in [2.45, 2.75) is 31.7 Å². The number of hydrogen-bond acceptors (Lipinski definition) is 2. The second-order valence-electron chi connectivity index (χ2n) is 4.43. The van der Waals surface area contributed by atoms with Gasteiger partial charge in [0.05, 0.1) is 0 Å². The summed E-state index contributed by atoms with van der Waals surface area (Å²) in [5.74, 6) is 0.608. The summed E-state index contributed by atoms with van der Waals surface area (Å²) in [6, 6.07) is 0.215. The molecule has 1 unspecified atom stereocenters. The van der Waals surface area contributed by atoms with Crippen molar-refractivity contribution in [2.75, 3.05) is 19.6 Å². The minimum absolute atomic E-state index is 0.238. The number of hydrogen-bond donors (Lipinski definition) is 2. The molecular weight excluding hydrogens is 178 g/mol. The van der Waals surface area contributed by atoms with Gasteiger partial charge in [-0.3, -0.25) is 0 Å². The average Bonchev–Trinajstić information content (AvgIpc) is 2.99. The van der Waals surface area contributed by atoms with E-state index in [2.05, 4.69) is 5.32 Å². The quantitative estimate of drug-likeness (QED) is 0.693. The van der Waals surface area contributed by atoms with Gasteiger partial charge in [0.1, 0.15) is 0 Å². The van der Waals surface area contributed by atoms with Crippen LogP contribution in [0, 0.1) is 5.92 Å². The van der Waals surface area contributed by atoms with Crippen molar-refractivity contribution in [3.63, 3.8) is 0 Å². The fourth-order valence-corrected chi connectivity index (χ4v) is 2.16. The van der Waals surface area contributed by atoms with Gasteiger partial charge >= 0.3 is 6.03 Å². The number of carbonyl (C=O) groups excluding carboxylic acids is 1. The SMILES string of the molecule is NC(=O)N(CC1CCCNC1)C1CC1. The van der Waals surface area contributed by atoms with Gasteiger partial charge in [-0.25, -0.2) is 4.79 Å². The lowest BCUT2D eigenvalue weighted by Crippen LogP contribution is -2.44. The lowest BCUT2D eigenvalue weighted by molar-refractivity contribution is 0.186. The average molecular weight is 197 g/mol. The zero-order chi connectivity index (χ0) is 9.97. The van der Waals surface area contributed by atoms with E-state index in [1.165, 1.54) is 12.8 Å². The zero-order valence-electron chi connectivity index (χ0n) is 8.54. The Kier molecular flexibility index (Phi) is 2.91. The fourth-order valence-electron chi connectivity index (χ4n) is 2.16. The monoisotopic (exact) mass is 197 g/mol. The molecule has 4 nitrogen and oxygen atoms in total. The topological polar surface area (TPSA) is 58.4 Å². The van der Waals surface area contributed by atoms with Crippen LogP contribution in [0.3, 0.4) is 0 Å². The minimum Gasteiger partial charge on any atom is -0.351 e. The van der Waals surface area contributed by atoms with Crippen molar-refractivity contribution in [2.24, 2.45) is 11.7 Å². The Hall–Kier alpha value is -0.770. The molecule has 1 saturated carbocycles. The summed E-state index contributed by atoms with van der Waals surface area (Å²) in [7, 11) is 0. The molecule has 0 aromatic heterocycles. The van der Waals surface area contributed by atoms with Gasteiger partial charge in [-0.05, 0) is 44.7 Å². The van der Waals surface area contributed by atoms with Crippen molar-refractivity contribution in [3.8, 4) is 0 Å². The number of nitrogens with two attached hydrogens (primary N) is 1. The van der Waals surface area contributed by atoms with E-state index >= 15 is 0 Å². The van der Waals surface area contributed by atoms with Gasteiger partial charge in [0.2, 0.25) is 0 Å². The molecule has 1 aliphatic heterocycles. The summed E-state index contributed by atoms with van der Waals surface area (Å²) in [4.78, 5) is 13.0. The molecule has 0 bridgehead atoms. The van der Waals surface area contributed by atoms with Gasteiger partial charge in [-0.15, -0.1) is 0 Å². The Balaban J connectivity index is 1.82. The van der Waals surface area contributed by atoms with Gasteiger partial charge < -0.3 is 16.0 Å². The van der Waals surface area contributed by atoms with Crippen LogP contribution in [0.4, 0.5) is 4.79 Å². The largest absolute Gasteiger partial charge is 0.351 e. The van der Waals surface area contributed by atoms with Crippen LogP contribution in [-0.2, 0) is 0 Å². The van der Waals surface area contributed by atoms with Gasteiger partial charge in [0.25, 0.3) is 0 Å². The highest BCUT2D eigenvalue weighted by Crippen LogP contribution is 2.28. The molecule has 1 atom stereocenters. The molecule has 4 heteroatoms. The van der Waals surface area contributed by atoms with E-state index < -0.39 is 0 Å². The molecule has 3 N–H and O–H groups in total. The Morgan fingerprint density at radius 3 is 2.71 bits per heavy atom. The van der Waals surface area contributed by atoms with Crippen molar-refractivity contribution in [1.82, 2.24) is 10.2 Å². The molecule has 0 aromatic carbocycles. The van der Waals surface area contributed by atoms with E-state index in [0.717, 1.165) is 32.5 Å². The van der Waals surface area contributed by atoms with E-state index in [9.17, 15) is 4.79 Å². The first-order valence-corrected chi connectivity index (χ1v) is 5.54. The smallest absolute Gasteiger partial charge is 0.315 e. The lowest BCUT2D eigenvalue weighted by Gasteiger charge is -2.29. The molecule has 2 aliphatic rings. The summed E-state index contributed by atoms with van der Waals surface area (Å²) in [6.07, 6.45) is 4.73. The highest BCUT2D eigenvalue weighted by atomic mass is 16.2. The zero-order valence-corrected chi connectivity index (χ0v) is 8.54. The summed E-state index contributed by atoms with van der Waals surface area (Å²) < 4.78 is 0. The van der Waals surface area contributed by atoms with Crippen LogP contribution < -0.4 is 11.1 Å². The molecule has 0 radical (unpaired) electrons. The third-order valence-electron chi connectivity index (χ3n) is 3.12. The normalized spacial score (nSPS) is 27.3. The predicted octanol–water partition coefficient (Wildman–Crippen LogP) is 0.529. The van der Waals surface area contributed by atoms with E-state index in [1.807, 2.05) is 4.90 Å². The van der Waals surface area contributed by atoms with Crippen LogP contribution in [0.2, 0.25) is 0 Å². The number of primary amides is 1. The van der Waals surface area contributed by atoms with Gasteiger partial charge in [-0.2, -0.15) is 0 Å². The summed E-state index contributed by atoms with van der Waals surface area (Å²) in [6.45, 7) is 3.01. The molecular formula is C10H19N3O. The summed E-state index contributed by atoms with van der Waals surface area (Å²) in [5.41, 5.74) is 5.36. The number of nitrogens with zero attached hydrogens (tertiary/aromatic N) is 1. The fraction of sp³-hybridized carbons (Fsp3) is 0.900. The molecule has 0 aromatic rings. The second kappa shape index (κ2) is 4.17. The van der Waals surface area contributed by atoms with E-state index in [1.54, 1.807) is 0 Å². The van der Waals surface area contributed by atoms with Crippen LogP contribution in [0.5, 0.6) is 0 Å². The number of amides is 2. The Bertz CT molecular complexity index is 209. The molecule has 1 saturated heterocycles. The summed E-state index contributed by atoms with van der Waals surface area (Å²) >= 11 is 0. The first-order chi connectivity index (χ1) is 6.77. The molecule has 2 amide bonds. The maximum Gasteiger partial charge on any atom is 0.315 e. The highest BCUT2D eigenvalue weighted by molar-refractivity contribution is 5.72. The van der Waals surface area contributed by atoms with Crippen LogP contribution in [-0.4, -0.2) is 36.6 Å². The molecule has 2 rings (SSSR count). The number of carbonyl (C=O) groups is 1.